The maximum absolute atomic E-state index is 12.7. The number of H-pyrrole nitrogens is 1. The third-order valence-electron chi connectivity index (χ3n) is 4.16. The van der Waals surface area contributed by atoms with Crippen LogP contribution in [-0.4, -0.2) is 58.3 Å². The lowest BCUT2D eigenvalue weighted by Gasteiger charge is -2.23. The molecule has 1 aromatic carbocycles. The summed E-state index contributed by atoms with van der Waals surface area (Å²) in [5.74, 6) is -0.969. The first-order chi connectivity index (χ1) is 11.6. The molecule has 7 nitrogen and oxygen atoms in total. The third-order valence-corrected chi connectivity index (χ3v) is 4.16. The maximum Gasteiger partial charge on any atom is 0.303 e. The number of rotatable bonds is 4. The van der Waals surface area contributed by atoms with Crippen molar-refractivity contribution in [2.45, 2.75) is 6.42 Å². The van der Waals surface area contributed by atoms with Crippen LogP contribution in [0.3, 0.4) is 0 Å². The van der Waals surface area contributed by atoms with Gasteiger partial charge in [-0.1, -0.05) is 12.1 Å². The van der Waals surface area contributed by atoms with Gasteiger partial charge in [-0.3, -0.25) is 14.7 Å². The Hall–Kier alpha value is -2.67. The average molecular weight is 328 g/mol. The number of hydrogen-bond donors (Lipinski definition) is 3. The Bertz CT molecular complexity index is 697. The molecule has 0 radical (unpaired) electrons. The van der Waals surface area contributed by atoms with Gasteiger partial charge in [0, 0.05) is 37.9 Å². The van der Waals surface area contributed by atoms with Crippen LogP contribution in [0.1, 0.15) is 16.8 Å². The molecule has 24 heavy (non-hydrogen) atoms. The summed E-state index contributed by atoms with van der Waals surface area (Å²) in [6.45, 7) is 2.33. The predicted octanol–water partition coefficient (Wildman–Crippen LogP) is 1.21. The summed E-state index contributed by atoms with van der Waals surface area (Å²) >= 11 is 0. The first-order valence-electron chi connectivity index (χ1n) is 7.95. The Morgan fingerprint density at radius 1 is 1.25 bits per heavy atom. The number of amides is 1. The number of aliphatic carboxylic acids is 1. The van der Waals surface area contributed by atoms with E-state index in [2.05, 4.69) is 15.5 Å². The Balaban J connectivity index is 1.71. The lowest BCUT2D eigenvalue weighted by Crippen LogP contribution is -2.36. The van der Waals surface area contributed by atoms with Gasteiger partial charge in [-0.25, -0.2) is 0 Å². The van der Waals surface area contributed by atoms with Gasteiger partial charge in [-0.05, 0) is 29.7 Å². The molecule has 2 heterocycles. The molecule has 3 rings (SSSR count). The monoisotopic (exact) mass is 328 g/mol. The van der Waals surface area contributed by atoms with Crippen LogP contribution in [0.25, 0.3) is 11.3 Å². The smallest absolute Gasteiger partial charge is 0.303 e. The van der Waals surface area contributed by atoms with E-state index in [1.165, 1.54) is 0 Å². The number of benzene rings is 1. The number of nitrogens with one attached hydrogen (secondary N) is 2. The van der Waals surface area contributed by atoms with Crippen LogP contribution in [0.15, 0.2) is 36.5 Å². The molecular weight excluding hydrogens is 308 g/mol. The van der Waals surface area contributed by atoms with Gasteiger partial charge in [0.25, 0.3) is 5.91 Å². The SMILES string of the molecule is O=C(O)CC1CNCCN(C(=O)c2ccc(-c3ccn[nH]3)cc2)C1. The molecule has 1 amide bonds. The molecule has 7 heteroatoms. The highest BCUT2D eigenvalue weighted by Gasteiger charge is 2.24. The topological polar surface area (TPSA) is 98.3 Å². The zero-order chi connectivity index (χ0) is 16.9. The summed E-state index contributed by atoms with van der Waals surface area (Å²) in [6, 6.07) is 9.22. The van der Waals surface area contributed by atoms with Crippen molar-refractivity contribution in [2.75, 3.05) is 26.2 Å². The molecule has 0 spiro atoms. The first-order valence-corrected chi connectivity index (χ1v) is 7.95. The number of carbonyl (C=O) groups is 2. The van der Waals surface area contributed by atoms with Crippen molar-refractivity contribution in [1.82, 2.24) is 20.4 Å². The van der Waals surface area contributed by atoms with Crippen LogP contribution in [0.4, 0.5) is 0 Å². The van der Waals surface area contributed by atoms with Gasteiger partial charge in [0.05, 0.1) is 12.1 Å². The van der Waals surface area contributed by atoms with Crippen molar-refractivity contribution in [3.8, 4) is 11.3 Å². The van der Waals surface area contributed by atoms with Crippen molar-refractivity contribution in [3.63, 3.8) is 0 Å². The van der Waals surface area contributed by atoms with Crippen LogP contribution in [0, 0.1) is 5.92 Å². The Labute approximate surface area is 139 Å². The van der Waals surface area contributed by atoms with E-state index in [0.717, 1.165) is 11.3 Å². The summed E-state index contributed by atoms with van der Waals surface area (Å²) in [4.78, 5) is 25.4. The molecule has 1 fully saturated rings. The highest BCUT2D eigenvalue weighted by Crippen LogP contribution is 2.18. The largest absolute Gasteiger partial charge is 0.481 e. The molecule has 1 aromatic heterocycles. The van der Waals surface area contributed by atoms with Crippen molar-refractivity contribution in [3.05, 3.63) is 42.1 Å². The van der Waals surface area contributed by atoms with Gasteiger partial charge < -0.3 is 15.3 Å². The maximum atomic E-state index is 12.7. The van der Waals surface area contributed by atoms with Crippen LogP contribution >= 0.6 is 0 Å². The number of aromatic nitrogens is 2. The van der Waals surface area contributed by atoms with Gasteiger partial charge in [0.1, 0.15) is 0 Å². The quantitative estimate of drug-likeness (QED) is 0.784. The predicted molar refractivity (Wildman–Crippen MR) is 88.5 cm³/mol. The molecule has 1 aliphatic rings. The number of aromatic amines is 1. The standard InChI is InChI=1S/C17H20N4O3/c22-16(23)9-12-10-18-7-8-21(11-12)17(24)14-3-1-13(2-4-14)15-5-6-19-20-15/h1-6,12,18H,7-11H2,(H,19,20)(H,22,23). The van der Waals surface area contributed by atoms with E-state index in [9.17, 15) is 9.59 Å². The van der Waals surface area contributed by atoms with Crippen LogP contribution in [0.5, 0.6) is 0 Å². The molecule has 126 valence electrons. The second kappa shape index (κ2) is 7.27. The zero-order valence-electron chi connectivity index (χ0n) is 13.2. The summed E-state index contributed by atoms with van der Waals surface area (Å²) in [5.41, 5.74) is 2.47. The molecule has 1 aliphatic heterocycles. The summed E-state index contributed by atoms with van der Waals surface area (Å²) in [6.07, 6.45) is 1.75. The molecule has 1 atom stereocenters. The van der Waals surface area contributed by atoms with Gasteiger partial charge in [0.2, 0.25) is 0 Å². The van der Waals surface area contributed by atoms with Crippen molar-refractivity contribution >= 4 is 11.9 Å². The molecule has 2 aromatic rings. The Morgan fingerprint density at radius 3 is 2.71 bits per heavy atom. The number of hydrogen-bond acceptors (Lipinski definition) is 4. The van der Waals surface area contributed by atoms with Crippen molar-refractivity contribution in [2.24, 2.45) is 5.92 Å². The van der Waals surface area contributed by atoms with Crippen molar-refractivity contribution in [1.29, 1.82) is 0 Å². The van der Waals surface area contributed by atoms with Crippen LogP contribution in [0.2, 0.25) is 0 Å². The fraction of sp³-hybridized carbons (Fsp3) is 0.353. The fourth-order valence-corrected chi connectivity index (χ4v) is 2.95. The van der Waals surface area contributed by atoms with Gasteiger partial charge in [-0.2, -0.15) is 5.10 Å². The van der Waals surface area contributed by atoms with Crippen LogP contribution in [-0.2, 0) is 4.79 Å². The number of carboxylic acid groups (broad SMARTS) is 1. The van der Waals surface area contributed by atoms with E-state index in [0.29, 0.717) is 31.7 Å². The molecule has 0 saturated carbocycles. The van der Waals surface area contributed by atoms with Gasteiger partial charge >= 0.3 is 5.97 Å². The minimum atomic E-state index is -0.833. The third kappa shape index (κ3) is 3.80. The van der Waals surface area contributed by atoms with E-state index in [1.54, 1.807) is 23.2 Å². The highest BCUT2D eigenvalue weighted by atomic mass is 16.4. The zero-order valence-corrected chi connectivity index (χ0v) is 13.2. The van der Waals surface area contributed by atoms with E-state index in [-0.39, 0.29) is 18.2 Å². The number of carboxylic acids is 1. The summed E-state index contributed by atoms with van der Waals surface area (Å²) < 4.78 is 0. The number of nitrogens with zero attached hydrogens (tertiary/aromatic N) is 2. The minimum Gasteiger partial charge on any atom is -0.481 e. The molecule has 3 N–H and O–H groups in total. The van der Waals surface area contributed by atoms with E-state index < -0.39 is 5.97 Å². The molecule has 1 unspecified atom stereocenters. The second-order valence-electron chi connectivity index (χ2n) is 5.97. The van der Waals surface area contributed by atoms with E-state index in [1.807, 2.05) is 18.2 Å². The molecule has 1 saturated heterocycles. The van der Waals surface area contributed by atoms with E-state index >= 15 is 0 Å². The van der Waals surface area contributed by atoms with Crippen LogP contribution < -0.4 is 5.32 Å². The fourth-order valence-electron chi connectivity index (χ4n) is 2.95. The Kier molecular flexibility index (Phi) is 4.90. The molecule has 0 bridgehead atoms. The molecule has 0 aliphatic carbocycles. The normalized spacial score (nSPS) is 18.2. The van der Waals surface area contributed by atoms with E-state index in [4.69, 9.17) is 5.11 Å². The molecular formula is C17H20N4O3. The minimum absolute atomic E-state index is 0.0646. The lowest BCUT2D eigenvalue weighted by molar-refractivity contribution is -0.138. The lowest BCUT2D eigenvalue weighted by atomic mass is 10.0. The summed E-state index contributed by atoms with van der Waals surface area (Å²) in [5, 5.41) is 19.0. The Morgan fingerprint density at radius 2 is 2.04 bits per heavy atom. The highest BCUT2D eigenvalue weighted by molar-refractivity contribution is 5.94. The number of carbonyl (C=O) groups excluding carboxylic acids is 1. The average Bonchev–Trinajstić information content (AvgIpc) is 3.01. The van der Waals surface area contributed by atoms with Gasteiger partial charge in [0.15, 0.2) is 0 Å². The summed E-state index contributed by atoms with van der Waals surface area (Å²) in [7, 11) is 0. The first kappa shape index (κ1) is 16.2. The second-order valence-corrected chi connectivity index (χ2v) is 5.97. The van der Waals surface area contributed by atoms with Gasteiger partial charge in [-0.15, -0.1) is 0 Å². The van der Waals surface area contributed by atoms with Crippen molar-refractivity contribution < 1.29 is 14.7 Å².